The van der Waals surface area contributed by atoms with Gasteiger partial charge in [0.25, 0.3) is 0 Å². The fourth-order valence-corrected chi connectivity index (χ4v) is 2.80. The van der Waals surface area contributed by atoms with E-state index in [4.69, 9.17) is 21.1 Å². The Morgan fingerprint density at radius 3 is 2.71 bits per heavy atom. The minimum atomic E-state index is 0.650. The van der Waals surface area contributed by atoms with Crippen molar-refractivity contribution >= 4 is 23.4 Å². The molecule has 0 amide bonds. The third-order valence-corrected chi connectivity index (χ3v) is 3.91. The summed E-state index contributed by atoms with van der Waals surface area (Å²) >= 11 is 7.50. The number of fused-ring (bicyclic) bond motifs is 1. The van der Waals surface area contributed by atoms with E-state index >= 15 is 0 Å². The van der Waals surface area contributed by atoms with Gasteiger partial charge in [0.2, 0.25) is 0 Å². The molecule has 0 fully saturated rings. The van der Waals surface area contributed by atoms with Crippen molar-refractivity contribution in [1.29, 1.82) is 0 Å². The Kier molecular flexibility index (Phi) is 5.33. The SMILES string of the molecule is ClCCCCCSc1ccc2c(c1)OCCO2. The first kappa shape index (κ1) is 12.9. The summed E-state index contributed by atoms with van der Waals surface area (Å²) in [5.74, 6) is 3.65. The number of ether oxygens (including phenoxy) is 2. The van der Waals surface area contributed by atoms with Crippen LogP contribution in [0.2, 0.25) is 0 Å². The summed E-state index contributed by atoms with van der Waals surface area (Å²) in [6, 6.07) is 6.16. The van der Waals surface area contributed by atoms with Crippen LogP contribution >= 0.6 is 23.4 Å². The average molecular weight is 273 g/mol. The fraction of sp³-hybridized carbons (Fsp3) is 0.538. The lowest BCUT2D eigenvalue weighted by molar-refractivity contribution is 0.171. The molecule has 0 aliphatic carbocycles. The Morgan fingerprint density at radius 1 is 1.06 bits per heavy atom. The number of thioether (sulfide) groups is 1. The molecule has 94 valence electrons. The molecule has 17 heavy (non-hydrogen) atoms. The highest BCUT2D eigenvalue weighted by Crippen LogP contribution is 2.34. The van der Waals surface area contributed by atoms with Gasteiger partial charge in [-0.2, -0.15) is 0 Å². The van der Waals surface area contributed by atoms with Crippen LogP contribution in [0.25, 0.3) is 0 Å². The van der Waals surface area contributed by atoms with Gasteiger partial charge in [-0.25, -0.2) is 0 Å². The van der Waals surface area contributed by atoms with Crippen LogP contribution in [0.3, 0.4) is 0 Å². The first-order chi connectivity index (χ1) is 8.40. The lowest BCUT2D eigenvalue weighted by Gasteiger charge is -2.18. The van der Waals surface area contributed by atoms with Gasteiger partial charge in [0.15, 0.2) is 11.5 Å². The second-order valence-electron chi connectivity index (χ2n) is 3.90. The molecule has 0 aromatic heterocycles. The maximum atomic E-state index is 5.64. The van der Waals surface area contributed by atoms with Crippen LogP contribution < -0.4 is 9.47 Å². The molecule has 2 rings (SSSR count). The summed E-state index contributed by atoms with van der Waals surface area (Å²) in [7, 11) is 0. The van der Waals surface area contributed by atoms with Gasteiger partial charge in [0.05, 0.1) is 0 Å². The van der Waals surface area contributed by atoms with Crippen LogP contribution in [0.1, 0.15) is 19.3 Å². The van der Waals surface area contributed by atoms with Crippen LogP contribution in [-0.2, 0) is 0 Å². The smallest absolute Gasteiger partial charge is 0.162 e. The van der Waals surface area contributed by atoms with Crippen LogP contribution in [0, 0.1) is 0 Å². The van der Waals surface area contributed by atoms with Gasteiger partial charge >= 0.3 is 0 Å². The number of hydrogen-bond donors (Lipinski definition) is 0. The highest BCUT2D eigenvalue weighted by atomic mass is 35.5. The lowest BCUT2D eigenvalue weighted by Crippen LogP contribution is -2.15. The monoisotopic (exact) mass is 272 g/mol. The van der Waals surface area contributed by atoms with E-state index in [1.54, 1.807) is 0 Å². The van der Waals surface area contributed by atoms with Crippen molar-refractivity contribution in [3.05, 3.63) is 18.2 Å². The zero-order chi connectivity index (χ0) is 11.9. The van der Waals surface area contributed by atoms with E-state index in [-0.39, 0.29) is 0 Å². The Bertz CT molecular complexity index is 357. The lowest BCUT2D eigenvalue weighted by atomic mass is 10.3. The summed E-state index contributed by atoms with van der Waals surface area (Å²) in [4.78, 5) is 1.25. The highest BCUT2D eigenvalue weighted by Gasteiger charge is 2.11. The van der Waals surface area contributed by atoms with E-state index in [0.29, 0.717) is 13.2 Å². The summed E-state index contributed by atoms with van der Waals surface area (Å²) in [5.41, 5.74) is 0. The van der Waals surface area contributed by atoms with Gasteiger partial charge in [-0.05, 0) is 36.8 Å². The number of rotatable bonds is 6. The van der Waals surface area contributed by atoms with Crippen LogP contribution in [0.4, 0.5) is 0 Å². The first-order valence-corrected chi connectivity index (χ1v) is 7.50. The summed E-state index contributed by atoms with van der Waals surface area (Å²) < 4.78 is 11.0. The topological polar surface area (TPSA) is 18.5 Å². The predicted molar refractivity (Wildman–Crippen MR) is 72.7 cm³/mol. The number of alkyl halides is 1. The van der Waals surface area contributed by atoms with Gasteiger partial charge in [-0.15, -0.1) is 23.4 Å². The maximum absolute atomic E-state index is 5.64. The van der Waals surface area contributed by atoms with Gasteiger partial charge in [-0.3, -0.25) is 0 Å². The molecule has 1 aliphatic heterocycles. The normalized spacial score (nSPS) is 13.7. The Labute approximate surface area is 112 Å². The molecule has 0 unspecified atom stereocenters. The summed E-state index contributed by atoms with van der Waals surface area (Å²) in [6.07, 6.45) is 3.54. The molecule has 1 aromatic rings. The molecular formula is C13H17ClO2S. The quantitative estimate of drug-likeness (QED) is 0.444. The number of halogens is 1. The number of hydrogen-bond acceptors (Lipinski definition) is 3. The third kappa shape index (κ3) is 4.00. The van der Waals surface area contributed by atoms with E-state index < -0.39 is 0 Å². The van der Waals surface area contributed by atoms with Crippen LogP contribution in [0.5, 0.6) is 11.5 Å². The van der Waals surface area contributed by atoms with Crippen LogP contribution in [-0.4, -0.2) is 24.8 Å². The van der Waals surface area contributed by atoms with Crippen molar-refractivity contribution in [1.82, 2.24) is 0 Å². The van der Waals surface area contributed by atoms with Crippen molar-refractivity contribution in [2.75, 3.05) is 24.8 Å². The van der Waals surface area contributed by atoms with E-state index in [1.807, 2.05) is 17.8 Å². The van der Waals surface area contributed by atoms with E-state index in [9.17, 15) is 0 Å². The molecule has 0 spiro atoms. The molecule has 1 aliphatic rings. The molecule has 1 aromatic carbocycles. The zero-order valence-corrected chi connectivity index (χ0v) is 11.4. The molecular weight excluding hydrogens is 256 g/mol. The van der Waals surface area contributed by atoms with Crippen LogP contribution in [0.15, 0.2) is 23.1 Å². The second-order valence-corrected chi connectivity index (χ2v) is 5.45. The van der Waals surface area contributed by atoms with Crippen molar-refractivity contribution in [3.63, 3.8) is 0 Å². The molecule has 0 saturated heterocycles. The summed E-state index contributed by atoms with van der Waals surface area (Å²) in [6.45, 7) is 1.30. The Hall–Kier alpha value is -0.540. The number of benzene rings is 1. The minimum Gasteiger partial charge on any atom is -0.486 e. The van der Waals surface area contributed by atoms with Gasteiger partial charge in [-0.1, -0.05) is 6.42 Å². The third-order valence-electron chi connectivity index (χ3n) is 2.56. The molecule has 0 radical (unpaired) electrons. The van der Waals surface area contributed by atoms with Gasteiger partial charge in [0, 0.05) is 10.8 Å². The van der Waals surface area contributed by atoms with Crippen molar-refractivity contribution in [3.8, 4) is 11.5 Å². The summed E-state index contributed by atoms with van der Waals surface area (Å²) in [5, 5.41) is 0. The van der Waals surface area contributed by atoms with Gasteiger partial charge < -0.3 is 9.47 Å². The fourth-order valence-electron chi connectivity index (χ4n) is 1.68. The van der Waals surface area contributed by atoms with Crippen molar-refractivity contribution < 1.29 is 9.47 Å². The molecule has 4 heteroatoms. The molecule has 0 bridgehead atoms. The van der Waals surface area contributed by atoms with Crippen molar-refractivity contribution in [2.24, 2.45) is 0 Å². The molecule has 2 nitrogen and oxygen atoms in total. The molecule has 0 N–H and O–H groups in total. The van der Waals surface area contributed by atoms with E-state index in [1.165, 1.54) is 17.7 Å². The standard InChI is InChI=1S/C13H17ClO2S/c14-6-2-1-3-9-17-11-4-5-12-13(10-11)16-8-7-15-12/h4-5,10H,1-3,6-9H2. The average Bonchev–Trinajstić information content (AvgIpc) is 2.38. The zero-order valence-electron chi connectivity index (χ0n) is 9.78. The van der Waals surface area contributed by atoms with E-state index in [2.05, 4.69) is 12.1 Å². The minimum absolute atomic E-state index is 0.650. The van der Waals surface area contributed by atoms with E-state index in [0.717, 1.165) is 29.6 Å². The molecule has 0 atom stereocenters. The molecule has 1 heterocycles. The first-order valence-electron chi connectivity index (χ1n) is 5.98. The largest absolute Gasteiger partial charge is 0.486 e. The van der Waals surface area contributed by atoms with Crippen molar-refractivity contribution in [2.45, 2.75) is 24.2 Å². The second kappa shape index (κ2) is 7.02. The number of unbranched alkanes of at least 4 members (excludes halogenated alkanes) is 2. The van der Waals surface area contributed by atoms with Gasteiger partial charge in [0.1, 0.15) is 13.2 Å². The predicted octanol–water partition coefficient (Wildman–Crippen LogP) is 3.96. The molecule has 0 saturated carbocycles. The Morgan fingerprint density at radius 2 is 1.88 bits per heavy atom. The maximum Gasteiger partial charge on any atom is 0.162 e. The highest BCUT2D eigenvalue weighted by molar-refractivity contribution is 7.99. The Balaban J connectivity index is 1.81.